The van der Waals surface area contributed by atoms with Crippen LogP contribution in [-0.2, 0) is 0 Å². The molecule has 0 unspecified atom stereocenters. The maximum absolute atomic E-state index is 12.5. The number of hydrogen-bond donors (Lipinski definition) is 4. The average molecular weight is 413 g/mol. The minimum atomic E-state index is -0.294. The Morgan fingerprint density at radius 2 is 1.86 bits per heavy atom. The van der Waals surface area contributed by atoms with Crippen molar-refractivity contribution < 1.29 is 4.79 Å². The molecular formula is C19H14Cl2N6O. The highest BCUT2D eigenvalue weighted by molar-refractivity contribution is 6.39. The van der Waals surface area contributed by atoms with Crippen molar-refractivity contribution >= 4 is 63.3 Å². The van der Waals surface area contributed by atoms with Crippen LogP contribution in [0.2, 0.25) is 10.0 Å². The summed E-state index contributed by atoms with van der Waals surface area (Å²) in [4.78, 5) is 24.1. The Labute approximate surface area is 169 Å². The van der Waals surface area contributed by atoms with Crippen molar-refractivity contribution in [3.8, 4) is 0 Å². The largest absolute Gasteiger partial charge is 0.397 e. The second kappa shape index (κ2) is 7.38. The number of carbonyl (C=O) groups excluding carboxylic acids is 1. The Morgan fingerprint density at radius 3 is 2.57 bits per heavy atom. The standard InChI is InChI=1S/C19H14Cl2N6O/c20-12-2-1-3-13(21)17(12)27-19-24-14-6-4-10(8-15(14)25-19)18(28)26-16-7-5-11(22)9-23-16/h1-9H,22H2,(H,23,26,28)(H2,24,25,27). The minimum Gasteiger partial charge on any atom is -0.397 e. The Kier molecular flexibility index (Phi) is 4.77. The van der Waals surface area contributed by atoms with Crippen molar-refractivity contribution in [3.63, 3.8) is 0 Å². The molecule has 7 nitrogen and oxygen atoms in total. The van der Waals surface area contributed by atoms with Gasteiger partial charge < -0.3 is 21.4 Å². The third kappa shape index (κ3) is 3.71. The van der Waals surface area contributed by atoms with Crippen molar-refractivity contribution in [2.24, 2.45) is 0 Å². The van der Waals surface area contributed by atoms with Gasteiger partial charge in [-0.25, -0.2) is 9.97 Å². The first-order valence-electron chi connectivity index (χ1n) is 8.23. The monoisotopic (exact) mass is 412 g/mol. The van der Waals surface area contributed by atoms with Crippen molar-refractivity contribution in [1.82, 2.24) is 15.0 Å². The first-order chi connectivity index (χ1) is 13.5. The number of rotatable bonds is 4. The molecule has 0 radical (unpaired) electrons. The van der Waals surface area contributed by atoms with Crippen LogP contribution in [-0.4, -0.2) is 20.9 Å². The first kappa shape index (κ1) is 18.1. The second-order valence-corrected chi connectivity index (χ2v) is 6.78. The molecule has 0 saturated carbocycles. The van der Waals surface area contributed by atoms with Gasteiger partial charge in [-0.3, -0.25) is 4.79 Å². The number of benzene rings is 2. The quantitative estimate of drug-likeness (QED) is 0.383. The summed E-state index contributed by atoms with van der Waals surface area (Å²) in [5, 5.41) is 6.74. The third-order valence-corrected chi connectivity index (χ3v) is 4.61. The predicted molar refractivity (Wildman–Crippen MR) is 112 cm³/mol. The molecule has 0 atom stereocenters. The van der Waals surface area contributed by atoms with E-state index in [4.69, 9.17) is 28.9 Å². The van der Waals surface area contributed by atoms with Gasteiger partial charge in [-0.15, -0.1) is 0 Å². The molecule has 28 heavy (non-hydrogen) atoms. The number of carbonyl (C=O) groups is 1. The zero-order valence-corrected chi connectivity index (χ0v) is 15.8. The number of nitrogens with two attached hydrogens (primary N) is 1. The Balaban J connectivity index is 1.57. The molecule has 2 aromatic carbocycles. The number of anilines is 4. The van der Waals surface area contributed by atoms with Crippen molar-refractivity contribution in [1.29, 1.82) is 0 Å². The van der Waals surface area contributed by atoms with Crippen LogP contribution in [0, 0.1) is 0 Å². The summed E-state index contributed by atoms with van der Waals surface area (Å²) < 4.78 is 0. The van der Waals surface area contributed by atoms with E-state index >= 15 is 0 Å². The lowest BCUT2D eigenvalue weighted by molar-refractivity contribution is 0.102. The molecular weight excluding hydrogens is 399 g/mol. The molecule has 0 saturated heterocycles. The fraction of sp³-hybridized carbons (Fsp3) is 0. The summed E-state index contributed by atoms with van der Waals surface area (Å²) in [6.07, 6.45) is 1.48. The van der Waals surface area contributed by atoms with Crippen molar-refractivity contribution in [3.05, 3.63) is 70.3 Å². The molecule has 0 aliphatic heterocycles. The molecule has 4 aromatic rings. The van der Waals surface area contributed by atoms with E-state index in [0.717, 1.165) is 0 Å². The van der Waals surface area contributed by atoms with Crippen LogP contribution >= 0.6 is 23.2 Å². The number of aromatic amines is 1. The zero-order valence-electron chi connectivity index (χ0n) is 14.3. The highest BCUT2D eigenvalue weighted by Crippen LogP contribution is 2.32. The van der Waals surface area contributed by atoms with Gasteiger partial charge in [0, 0.05) is 5.56 Å². The number of nitrogens with one attached hydrogen (secondary N) is 3. The van der Waals surface area contributed by atoms with E-state index in [1.807, 2.05) is 0 Å². The summed E-state index contributed by atoms with van der Waals surface area (Å²) in [5.74, 6) is 0.583. The summed E-state index contributed by atoms with van der Waals surface area (Å²) in [5.41, 5.74) is 8.50. The molecule has 9 heteroatoms. The summed E-state index contributed by atoms with van der Waals surface area (Å²) >= 11 is 12.4. The van der Waals surface area contributed by atoms with E-state index in [2.05, 4.69) is 25.6 Å². The molecule has 0 spiro atoms. The first-order valence-corrected chi connectivity index (χ1v) is 8.99. The molecule has 2 aromatic heterocycles. The van der Waals surface area contributed by atoms with Crippen LogP contribution in [0.15, 0.2) is 54.7 Å². The highest BCUT2D eigenvalue weighted by Gasteiger charge is 2.12. The van der Waals surface area contributed by atoms with Crippen LogP contribution in [0.25, 0.3) is 11.0 Å². The fourth-order valence-corrected chi connectivity index (χ4v) is 3.11. The summed E-state index contributed by atoms with van der Waals surface area (Å²) in [6, 6.07) is 13.6. The van der Waals surface area contributed by atoms with Gasteiger partial charge in [0.25, 0.3) is 5.91 Å². The highest BCUT2D eigenvalue weighted by atomic mass is 35.5. The smallest absolute Gasteiger partial charge is 0.256 e. The van der Waals surface area contributed by atoms with Crippen LogP contribution in [0.3, 0.4) is 0 Å². The van der Waals surface area contributed by atoms with E-state index < -0.39 is 0 Å². The van der Waals surface area contributed by atoms with Gasteiger partial charge in [0.2, 0.25) is 5.95 Å². The molecule has 0 fully saturated rings. The number of nitrogen functional groups attached to an aromatic ring is 1. The van der Waals surface area contributed by atoms with Gasteiger partial charge in [0.05, 0.1) is 38.7 Å². The number of halogens is 2. The number of amides is 1. The van der Waals surface area contributed by atoms with Crippen LogP contribution in [0.4, 0.5) is 23.1 Å². The molecule has 1 amide bonds. The Bertz CT molecular complexity index is 1150. The maximum atomic E-state index is 12.5. The third-order valence-electron chi connectivity index (χ3n) is 3.98. The lowest BCUT2D eigenvalue weighted by Gasteiger charge is -2.06. The van der Waals surface area contributed by atoms with E-state index in [9.17, 15) is 4.79 Å². The molecule has 140 valence electrons. The van der Waals surface area contributed by atoms with Gasteiger partial charge in [-0.2, -0.15) is 0 Å². The fourth-order valence-electron chi connectivity index (χ4n) is 2.61. The maximum Gasteiger partial charge on any atom is 0.256 e. The molecule has 4 rings (SSSR count). The van der Waals surface area contributed by atoms with Crippen LogP contribution in [0.1, 0.15) is 10.4 Å². The van der Waals surface area contributed by atoms with Gasteiger partial charge in [0.15, 0.2) is 0 Å². The van der Waals surface area contributed by atoms with E-state index in [0.29, 0.717) is 49.8 Å². The van der Waals surface area contributed by atoms with Crippen molar-refractivity contribution in [2.75, 3.05) is 16.4 Å². The number of nitrogens with zero attached hydrogens (tertiary/aromatic N) is 2. The molecule has 0 aliphatic carbocycles. The number of imidazole rings is 1. The number of hydrogen-bond acceptors (Lipinski definition) is 5. The van der Waals surface area contributed by atoms with Crippen LogP contribution < -0.4 is 16.4 Å². The van der Waals surface area contributed by atoms with E-state index in [1.54, 1.807) is 48.5 Å². The molecule has 0 bridgehead atoms. The van der Waals surface area contributed by atoms with Gasteiger partial charge in [-0.1, -0.05) is 29.3 Å². The number of H-pyrrole nitrogens is 1. The van der Waals surface area contributed by atoms with E-state index in [1.165, 1.54) is 6.20 Å². The summed E-state index contributed by atoms with van der Waals surface area (Å²) in [7, 11) is 0. The number of para-hydroxylation sites is 1. The zero-order chi connectivity index (χ0) is 19.7. The number of aromatic nitrogens is 3. The topological polar surface area (TPSA) is 109 Å². The molecule has 5 N–H and O–H groups in total. The number of pyridine rings is 1. The molecule has 2 heterocycles. The Hall–Kier alpha value is -3.29. The lowest BCUT2D eigenvalue weighted by atomic mass is 10.2. The van der Waals surface area contributed by atoms with E-state index in [-0.39, 0.29) is 5.91 Å². The number of fused-ring (bicyclic) bond motifs is 1. The lowest BCUT2D eigenvalue weighted by Crippen LogP contribution is -2.12. The predicted octanol–water partition coefficient (Wildman–Crippen LogP) is 4.84. The van der Waals surface area contributed by atoms with Gasteiger partial charge in [0.1, 0.15) is 5.82 Å². The molecule has 0 aliphatic rings. The Morgan fingerprint density at radius 1 is 1.07 bits per heavy atom. The SMILES string of the molecule is Nc1ccc(NC(=O)c2ccc3nc(Nc4c(Cl)cccc4Cl)[nH]c3c2)nc1. The van der Waals surface area contributed by atoms with Crippen molar-refractivity contribution in [2.45, 2.75) is 0 Å². The minimum absolute atomic E-state index is 0.294. The van der Waals surface area contributed by atoms with Gasteiger partial charge >= 0.3 is 0 Å². The second-order valence-electron chi connectivity index (χ2n) is 5.97. The normalized spacial score (nSPS) is 10.8. The summed E-state index contributed by atoms with van der Waals surface area (Å²) in [6.45, 7) is 0. The van der Waals surface area contributed by atoms with Gasteiger partial charge in [-0.05, 0) is 42.5 Å². The van der Waals surface area contributed by atoms with Crippen LogP contribution in [0.5, 0.6) is 0 Å². The average Bonchev–Trinajstić information content (AvgIpc) is 3.08.